The van der Waals surface area contributed by atoms with E-state index >= 15 is 0 Å². The number of hydrogen-bond acceptors (Lipinski definition) is 3. The van der Waals surface area contributed by atoms with Gasteiger partial charge in [-0.3, -0.25) is 0 Å². The van der Waals surface area contributed by atoms with E-state index in [1.165, 1.54) is 11.9 Å². The molecule has 0 fully saturated rings. The van der Waals surface area contributed by atoms with Gasteiger partial charge in [-0.1, -0.05) is 6.07 Å². The number of aromatic nitrogens is 1. The molecule has 0 bridgehead atoms. The van der Waals surface area contributed by atoms with Crippen LogP contribution in [-0.2, 0) is 6.54 Å². The fourth-order valence-corrected chi connectivity index (χ4v) is 1.52. The van der Waals surface area contributed by atoms with Gasteiger partial charge in [-0.05, 0) is 17.7 Å². The second-order valence-electron chi connectivity index (χ2n) is 3.67. The molecule has 5 nitrogen and oxygen atoms in total. The second kappa shape index (κ2) is 3.84. The van der Waals surface area contributed by atoms with Gasteiger partial charge >= 0.3 is 6.09 Å². The van der Waals surface area contributed by atoms with Gasteiger partial charge in [0.25, 0.3) is 0 Å². The molecule has 0 aliphatic rings. The Bertz CT molecular complexity index is 533. The number of fused-ring (bicyclic) bond motifs is 1. The van der Waals surface area contributed by atoms with Crippen molar-refractivity contribution in [2.75, 3.05) is 7.05 Å². The Kier molecular flexibility index (Phi) is 2.52. The zero-order valence-corrected chi connectivity index (χ0v) is 9.10. The Labute approximate surface area is 92.3 Å². The normalized spacial score (nSPS) is 10.6. The van der Waals surface area contributed by atoms with Crippen LogP contribution in [0.15, 0.2) is 22.6 Å². The summed E-state index contributed by atoms with van der Waals surface area (Å²) in [6.45, 7) is 2.12. The molecule has 2 rings (SSSR count). The van der Waals surface area contributed by atoms with E-state index in [2.05, 4.69) is 4.98 Å². The summed E-state index contributed by atoms with van der Waals surface area (Å²) in [6, 6.07) is 5.50. The van der Waals surface area contributed by atoms with Crippen molar-refractivity contribution >= 4 is 17.2 Å². The molecule has 1 amide bonds. The highest BCUT2D eigenvalue weighted by Crippen LogP contribution is 2.17. The van der Waals surface area contributed by atoms with Crippen molar-refractivity contribution in [3.05, 3.63) is 29.7 Å². The van der Waals surface area contributed by atoms with Crippen molar-refractivity contribution in [2.45, 2.75) is 13.5 Å². The predicted molar refractivity (Wildman–Crippen MR) is 58.2 cm³/mol. The fourth-order valence-electron chi connectivity index (χ4n) is 1.52. The number of nitrogens with zero attached hydrogens (tertiary/aromatic N) is 2. The van der Waals surface area contributed by atoms with Gasteiger partial charge in [0.15, 0.2) is 11.5 Å². The molecule has 0 saturated heterocycles. The SMILES string of the molecule is Cc1nc2ccc(CN(C)C(=O)O)cc2o1. The molecule has 1 aromatic carbocycles. The summed E-state index contributed by atoms with van der Waals surface area (Å²) in [5.74, 6) is 0.610. The lowest BCUT2D eigenvalue weighted by Gasteiger charge is -2.12. The summed E-state index contributed by atoms with van der Waals surface area (Å²) in [4.78, 5) is 16.0. The maximum atomic E-state index is 10.7. The van der Waals surface area contributed by atoms with Crippen LogP contribution in [0.25, 0.3) is 11.1 Å². The number of aryl methyl sites for hydroxylation is 1. The molecule has 16 heavy (non-hydrogen) atoms. The molecule has 0 aliphatic heterocycles. The lowest BCUT2D eigenvalue weighted by atomic mass is 10.2. The average molecular weight is 220 g/mol. The third kappa shape index (κ3) is 1.98. The molecule has 0 radical (unpaired) electrons. The quantitative estimate of drug-likeness (QED) is 0.842. The molecule has 1 heterocycles. The number of carboxylic acid groups (broad SMARTS) is 1. The largest absolute Gasteiger partial charge is 0.465 e. The Hall–Kier alpha value is -2.04. The van der Waals surface area contributed by atoms with Gasteiger partial charge in [-0.2, -0.15) is 0 Å². The zero-order valence-electron chi connectivity index (χ0n) is 9.10. The summed E-state index contributed by atoms with van der Waals surface area (Å²) in [6.07, 6.45) is -0.950. The highest BCUT2D eigenvalue weighted by Gasteiger charge is 2.08. The van der Waals surface area contributed by atoms with Crippen LogP contribution in [-0.4, -0.2) is 28.1 Å². The standard InChI is InChI=1S/C11H12N2O3/c1-7-12-9-4-3-8(5-10(9)16-7)6-13(2)11(14)15/h3-5H,6H2,1-2H3,(H,14,15). The maximum absolute atomic E-state index is 10.7. The lowest BCUT2D eigenvalue weighted by molar-refractivity contribution is 0.154. The van der Waals surface area contributed by atoms with Crippen molar-refractivity contribution in [3.63, 3.8) is 0 Å². The highest BCUT2D eigenvalue weighted by atomic mass is 16.4. The summed E-state index contributed by atoms with van der Waals surface area (Å²) >= 11 is 0. The van der Waals surface area contributed by atoms with Gasteiger partial charge in [0.1, 0.15) is 5.52 Å². The summed E-state index contributed by atoms with van der Waals surface area (Å²) in [5.41, 5.74) is 2.36. The van der Waals surface area contributed by atoms with Gasteiger partial charge in [-0.25, -0.2) is 9.78 Å². The van der Waals surface area contributed by atoms with E-state index in [1.807, 2.05) is 18.2 Å². The minimum atomic E-state index is -0.950. The van der Waals surface area contributed by atoms with E-state index in [0.29, 0.717) is 18.0 Å². The first-order chi connectivity index (χ1) is 7.56. The van der Waals surface area contributed by atoms with Crippen molar-refractivity contribution in [2.24, 2.45) is 0 Å². The first kappa shape index (κ1) is 10.5. The average Bonchev–Trinajstić information content (AvgIpc) is 2.57. The number of benzene rings is 1. The van der Waals surface area contributed by atoms with E-state index in [0.717, 1.165) is 11.1 Å². The molecule has 0 aliphatic carbocycles. The smallest absolute Gasteiger partial charge is 0.407 e. The van der Waals surface area contributed by atoms with Crippen LogP contribution in [0, 0.1) is 6.92 Å². The molecular weight excluding hydrogens is 208 g/mol. The summed E-state index contributed by atoms with van der Waals surface area (Å²) < 4.78 is 5.37. The molecular formula is C11H12N2O3. The van der Waals surface area contributed by atoms with E-state index in [9.17, 15) is 4.79 Å². The van der Waals surface area contributed by atoms with Gasteiger partial charge in [0, 0.05) is 20.5 Å². The monoisotopic (exact) mass is 220 g/mol. The van der Waals surface area contributed by atoms with Gasteiger partial charge in [0.05, 0.1) is 0 Å². The lowest BCUT2D eigenvalue weighted by Crippen LogP contribution is -2.23. The van der Waals surface area contributed by atoms with Crippen molar-refractivity contribution in [1.82, 2.24) is 9.88 Å². The van der Waals surface area contributed by atoms with Crippen LogP contribution >= 0.6 is 0 Å². The van der Waals surface area contributed by atoms with E-state index in [4.69, 9.17) is 9.52 Å². The van der Waals surface area contributed by atoms with Crippen LogP contribution in [0.1, 0.15) is 11.5 Å². The molecule has 1 N–H and O–H groups in total. The van der Waals surface area contributed by atoms with Crippen molar-refractivity contribution in [1.29, 1.82) is 0 Å². The number of hydrogen-bond donors (Lipinski definition) is 1. The molecule has 0 atom stereocenters. The summed E-state index contributed by atoms with van der Waals surface area (Å²) in [7, 11) is 1.53. The molecule has 1 aromatic heterocycles. The van der Waals surface area contributed by atoms with Gasteiger partial charge in [-0.15, -0.1) is 0 Å². The van der Waals surface area contributed by atoms with Crippen molar-refractivity contribution < 1.29 is 14.3 Å². The topological polar surface area (TPSA) is 66.6 Å². The first-order valence-electron chi connectivity index (χ1n) is 4.86. The predicted octanol–water partition coefficient (Wildman–Crippen LogP) is 2.25. The second-order valence-corrected chi connectivity index (χ2v) is 3.67. The third-order valence-electron chi connectivity index (χ3n) is 2.31. The van der Waals surface area contributed by atoms with E-state index in [1.54, 1.807) is 6.92 Å². The van der Waals surface area contributed by atoms with Crippen molar-refractivity contribution in [3.8, 4) is 0 Å². The summed E-state index contributed by atoms with van der Waals surface area (Å²) in [5, 5.41) is 8.75. The minimum Gasteiger partial charge on any atom is -0.465 e. The Morgan fingerprint density at radius 2 is 2.31 bits per heavy atom. The molecule has 84 valence electrons. The highest BCUT2D eigenvalue weighted by molar-refractivity contribution is 5.73. The van der Waals surface area contributed by atoms with Gasteiger partial charge in [0.2, 0.25) is 0 Å². The van der Waals surface area contributed by atoms with E-state index < -0.39 is 6.09 Å². The minimum absolute atomic E-state index is 0.338. The van der Waals surface area contributed by atoms with Gasteiger partial charge < -0.3 is 14.4 Å². The molecule has 2 aromatic rings. The maximum Gasteiger partial charge on any atom is 0.407 e. The first-order valence-corrected chi connectivity index (χ1v) is 4.86. The molecule has 0 spiro atoms. The Balaban J connectivity index is 2.28. The number of rotatable bonds is 2. The molecule has 0 unspecified atom stereocenters. The fraction of sp³-hybridized carbons (Fsp3) is 0.273. The van der Waals surface area contributed by atoms with Crippen LogP contribution in [0.4, 0.5) is 4.79 Å². The molecule has 0 saturated carbocycles. The molecule has 5 heteroatoms. The number of amides is 1. The zero-order chi connectivity index (χ0) is 11.7. The Morgan fingerprint density at radius 3 is 3.00 bits per heavy atom. The van der Waals surface area contributed by atoms with Crippen LogP contribution in [0.2, 0.25) is 0 Å². The third-order valence-corrected chi connectivity index (χ3v) is 2.31. The Morgan fingerprint density at radius 1 is 1.56 bits per heavy atom. The van der Waals surface area contributed by atoms with Crippen LogP contribution < -0.4 is 0 Å². The number of carbonyl (C=O) groups is 1. The van der Waals surface area contributed by atoms with E-state index in [-0.39, 0.29) is 0 Å². The number of oxazole rings is 1. The van der Waals surface area contributed by atoms with Crippen LogP contribution in [0.3, 0.4) is 0 Å². The van der Waals surface area contributed by atoms with Crippen LogP contribution in [0.5, 0.6) is 0 Å².